The maximum Gasteiger partial charge on any atom is 0.345 e. The largest absolute Gasteiger partial charge is 0.422 e. The molecule has 0 aliphatic rings. The van der Waals surface area contributed by atoms with Crippen LogP contribution >= 0.6 is 0 Å². The normalized spacial score (nSPS) is 12.0. The van der Waals surface area contributed by atoms with Gasteiger partial charge >= 0.3 is 5.63 Å². The third kappa shape index (κ3) is 4.16. The van der Waals surface area contributed by atoms with E-state index in [0.717, 1.165) is 16.2 Å². The molecule has 0 spiro atoms. The Balaban J connectivity index is 1.65. The van der Waals surface area contributed by atoms with Crippen molar-refractivity contribution in [3.63, 3.8) is 0 Å². The van der Waals surface area contributed by atoms with Crippen molar-refractivity contribution in [2.75, 3.05) is 0 Å². The third-order valence-electron chi connectivity index (χ3n) is 4.90. The quantitative estimate of drug-likeness (QED) is 0.130. The fraction of sp³-hybridized carbons (Fsp3) is 0.0400. The van der Waals surface area contributed by atoms with Crippen LogP contribution < -0.4 is 11.1 Å². The van der Waals surface area contributed by atoms with Crippen LogP contribution in [0.2, 0.25) is 0 Å². The Morgan fingerprint density at radius 1 is 1.09 bits per heavy atom. The monoisotopic (exact) mass is 425 g/mol. The van der Waals surface area contributed by atoms with Crippen molar-refractivity contribution in [1.82, 2.24) is 5.43 Å². The summed E-state index contributed by atoms with van der Waals surface area (Å²) in [4.78, 5) is 24.8. The van der Waals surface area contributed by atoms with Gasteiger partial charge in [0.05, 0.1) is 11.3 Å². The Bertz CT molecular complexity index is 1510. The zero-order valence-electron chi connectivity index (χ0n) is 16.9. The molecule has 156 valence electrons. The summed E-state index contributed by atoms with van der Waals surface area (Å²) >= 11 is 0. The Labute approximate surface area is 181 Å². The Morgan fingerprint density at radius 2 is 1.84 bits per heavy atom. The maximum atomic E-state index is 13.0. The highest BCUT2D eigenvalue weighted by molar-refractivity contribution is 6.09. The number of carbonyl (C=O) groups excluding carboxylic acids is 1. The molecule has 0 atom stereocenters. The Morgan fingerprint density at radius 3 is 2.59 bits per heavy atom. The lowest BCUT2D eigenvalue weighted by Gasteiger charge is -2.06. The number of hydrogen-bond acceptors (Lipinski definition) is 5. The molecule has 7 heteroatoms. The minimum absolute atomic E-state index is 0.190. The summed E-state index contributed by atoms with van der Waals surface area (Å²) in [5.74, 6) is -1.18. The fourth-order valence-corrected chi connectivity index (χ4v) is 3.25. The fourth-order valence-electron chi connectivity index (χ4n) is 3.25. The van der Waals surface area contributed by atoms with Crippen molar-refractivity contribution < 1.29 is 13.6 Å². The molecular formula is C25H16FN3O3. The molecule has 3 aromatic carbocycles. The Kier molecular flexibility index (Phi) is 5.60. The van der Waals surface area contributed by atoms with Gasteiger partial charge in [-0.1, -0.05) is 42.5 Å². The minimum Gasteiger partial charge on any atom is -0.422 e. The second-order valence-electron chi connectivity index (χ2n) is 7.01. The van der Waals surface area contributed by atoms with Crippen LogP contribution in [-0.4, -0.2) is 11.6 Å². The number of halogens is 1. The third-order valence-corrected chi connectivity index (χ3v) is 4.90. The van der Waals surface area contributed by atoms with Crippen molar-refractivity contribution in [3.05, 3.63) is 99.7 Å². The number of rotatable bonds is 4. The molecule has 4 aromatic rings. The first-order valence-electron chi connectivity index (χ1n) is 9.64. The van der Waals surface area contributed by atoms with Crippen LogP contribution in [0.15, 0.2) is 86.6 Å². The van der Waals surface area contributed by atoms with Crippen LogP contribution in [0.4, 0.5) is 4.39 Å². The second-order valence-corrected chi connectivity index (χ2v) is 7.01. The van der Waals surface area contributed by atoms with E-state index in [-0.39, 0.29) is 16.8 Å². The van der Waals surface area contributed by atoms with Crippen LogP contribution in [0.5, 0.6) is 0 Å². The summed E-state index contributed by atoms with van der Waals surface area (Å²) in [6.07, 6.45) is 1.32. The van der Waals surface area contributed by atoms with E-state index in [2.05, 4.69) is 10.5 Å². The maximum absolute atomic E-state index is 13.0. The molecule has 0 saturated carbocycles. The molecule has 32 heavy (non-hydrogen) atoms. The predicted octanol–water partition coefficient (Wildman–Crippen LogP) is 4.53. The predicted molar refractivity (Wildman–Crippen MR) is 120 cm³/mol. The van der Waals surface area contributed by atoms with E-state index in [9.17, 15) is 19.2 Å². The SMILES string of the molecule is C/C(=N\NC(=O)/C(C#N)=C/c1ccc(F)cc1)c1cc2c(ccc3ccccc32)oc1=O. The number of benzene rings is 3. The van der Waals surface area contributed by atoms with Crippen molar-refractivity contribution in [3.8, 4) is 6.07 Å². The molecule has 0 radical (unpaired) electrons. The number of carbonyl (C=O) groups is 1. The molecule has 0 aliphatic carbocycles. The van der Waals surface area contributed by atoms with Gasteiger partial charge in [-0.15, -0.1) is 0 Å². The first-order chi connectivity index (χ1) is 15.5. The van der Waals surface area contributed by atoms with Crippen LogP contribution in [-0.2, 0) is 4.79 Å². The molecule has 1 aromatic heterocycles. The summed E-state index contributed by atoms with van der Waals surface area (Å²) in [5.41, 5.74) is 2.82. The average Bonchev–Trinajstić information content (AvgIpc) is 2.81. The van der Waals surface area contributed by atoms with Crippen molar-refractivity contribution in [2.24, 2.45) is 5.10 Å². The number of hydrogen-bond donors (Lipinski definition) is 1. The zero-order chi connectivity index (χ0) is 22.7. The zero-order valence-corrected chi connectivity index (χ0v) is 16.9. The van der Waals surface area contributed by atoms with Gasteiger partial charge < -0.3 is 4.42 Å². The van der Waals surface area contributed by atoms with Gasteiger partial charge in [-0.2, -0.15) is 10.4 Å². The van der Waals surface area contributed by atoms with Crippen LogP contribution in [0, 0.1) is 17.1 Å². The lowest BCUT2D eigenvalue weighted by molar-refractivity contribution is -0.117. The van der Waals surface area contributed by atoms with E-state index in [1.165, 1.54) is 30.3 Å². The van der Waals surface area contributed by atoms with E-state index < -0.39 is 17.3 Å². The number of amides is 1. The van der Waals surface area contributed by atoms with Gasteiger partial charge in [0.25, 0.3) is 5.91 Å². The summed E-state index contributed by atoms with van der Waals surface area (Å²) in [6, 6.07) is 20.1. The molecular weight excluding hydrogens is 409 g/mol. The standard InChI is InChI=1S/C25H16FN3O3/c1-15(28-29-24(30)18(14-27)12-16-6-9-19(26)10-7-16)21-13-22-20-5-3-2-4-17(20)8-11-23(22)32-25(21)31/h2-13H,1H3,(H,29,30)/b18-12+,28-15+. The van der Waals surface area contributed by atoms with Crippen LogP contribution in [0.3, 0.4) is 0 Å². The van der Waals surface area contributed by atoms with Crippen molar-refractivity contribution in [2.45, 2.75) is 6.92 Å². The lowest BCUT2D eigenvalue weighted by Crippen LogP contribution is -2.22. The number of hydrazone groups is 1. The first kappa shape index (κ1) is 20.7. The summed E-state index contributed by atoms with van der Waals surface area (Å²) < 4.78 is 18.5. The van der Waals surface area contributed by atoms with Crippen molar-refractivity contribution >= 4 is 39.4 Å². The molecule has 0 fully saturated rings. The van der Waals surface area contributed by atoms with Crippen LogP contribution in [0.25, 0.3) is 27.8 Å². The second kappa shape index (κ2) is 8.66. The van der Waals surface area contributed by atoms with E-state index in [0.29, 0.717) is 11.1 Å². The molecule has 0 bridgehead atoms. The molecule has 0 unspecified atom stereocenters. The molecule has 1 heterocycles. The van der Waals surface area contributed by atoms with Gasteiger partial charge in [0.2, 0.25) is 0 Å². The molecule has 6 nitrogen and oxygen atoms in total. The van der Waals surface area contributed by atoms with E-state index >= 15 is 0 Å². The van der Waals surface area contributed by atoms with Gasteiger partial charge in [0.1, 0.15) is 23.0 Å². The topological polar surface area (TPSA) is 95.5 Å². The smallest absolute Gasteiger partial charge is 0.345 e. The van der Waals surface area contributed by atoms with Gasteiger partial charge in [-0.3, -0.25) is 4.79 Å². The molecule has 4 rings (SSSR count). The Hall–Kier alpha value is -4.57. The van der Waals surface area contributed by atoms with Gasteiger partial charge in [0, 0.05) is 5.39 Å². The van der Waals surface area contributed by atoms with Crippen LogP contribution in [0.1, 0.15) is 18.1 Å². The van der Waals surface area contributed by atoms with Gasteiger partial charge in [-0.05, 0) is 53.6 Å². The van der Waals surface area contributed by atoms with E-state index in [4.69, 9.17) is 4.42 Å². The van der Waals surface area contributed by atoms with Gasteiger partial charge in [0.15, 0.2) is 0 Å². The van der Waals surface area contributed by atoms with E-state index in [1.54, 1.807) is 25.1 Å². The number of nitrogens with one attached hydrogen (secondary N) is 1. The highest BCUT2D eigenvalue weighted by Crippen LogP contribution is 2.25. The number of fused-ring (bicyclic) bond motifs is 3. The number of nitrogens with zero attached hydrogens (tertiary/aromatic N) is 2. The molecule has 0 aliphatic heterocycles. The van der Waals surface area contributed by atoms with E-state index in [1.807, 2.05) is 30.3 Å². The summed E-state index contributed by atoms with van der Waals surface area (Å²) in [5, 5.41) is 15.9. The first-order valence-corrected chi connectivity index (χ1v) is 9.64. The highest BCUT2D eigenvalue weighted by atomic mass is 19.1. The average molecular weight is 425 g/mol. The molecule has 1 N–H and O–H groups in total. The minimum atomic E-state index is -0.758. The highest BCUT2D eigenvalue weighted by Gasteiger charge is 2.13. The summed E-state index contributed by atoms with van der Waals surface area (Å²) in [6.45, 7) is 1.55. The number of nitriles is 1. The van der Waals surface area contributed by atoms with Crippen molar-refractivity contribution in [1.29, 1.82) is 5.26 Å². The lowest BCUT2D eigenvalue weighted by atomic mass is 10.0. The molecule has 1 amide bonds. The van der Waals surface area contributed by atoms with Gasteiger partial charge in [-0.25, -0.2) is 14.6 Å². The summed E-state index contributed by atoms with van der Waals surface area (Å²) in [7, 11) is 0. The molecule has 0 saturated heterocycles.